The molecule has 1 atom stereocenters. The van der Waals surface area contributed by atoms with Gasteiger partial charge in [0.25, 0.3) is 0 Å². The Labute approximate surface area is 200 Å². The summed E-state index contributed by atoms with van der Waals surface area (Å²) in [5.41, 5.74) is 1.86. The lowest BCUT2D eigenvalue weighted by Gasteiger charge is -2.32. The van der Waals surface area contributed by atoms with Gasteiger partial charge < -0.3 is 20.1 Å². The zero-order chi connectivity index (χ0) is 24.2. The van der Waals surface area contributed by atoms with Gasteiger partial charge in [0.05, 0.1) is 35.2 Å². The smallest absolute Gasteiger partial charge is 0.340 e. The molecule has 2 N–H and O–H groups in total. The number of hydrogen-bond acceptors (Lipinski definition) is 7. The molecule has 0 fully saturated rings. The molecule has 0 spiro atoms. The average Bonchev–Trinajstić information content (AvgIpc) is 3.22. The summed E-state index contributed by atoms with van der Waals surface area (Å²) < 4.78 is 10.2. The molecule has 2 aliphatic heterocycles. The van der Waals surface area contributed by atoms with Gasteiger partial charge in [-0.1, -0.05) is 24.3 Å². The molecule has 34 heavy (non-hydrogen) atoms. The van der Waals surface area contributed by atoms with Crippen LogP contribution >= 0.6 is 11.8 Å². The van der Waals surface area contributed by atoms with Crippen LogP contribution in [0.4, 0.5) is 10.5 Å². The van der Waals surface area contributed by atoms with E-state index >= 15 is 0 Å². The van der Waals surface area contributed by atoms with E-state index in [0.29, 0.717) is 11.3 Å². The molecule has 0 aliphatic carbocycles. The van der Waals surface area contributed by atoms with Gasteiger partial charge in [-0.25, -0.2) is 14.4 Å². The fourth-order valence-electron chi connectivity index (χ4n) is 3.84. The minimum atomic E-state index is -0.669. The third-order valence-corrected chi connectivity index (χ3v) is 6.19. The molecule has 0 aromatic heterocycles. The van der Waals surface area contributed by atoms with E-state index in [4.69, 9.17) is 9.47 Å². The lowest BCUT2D eigenvalue weighted by Crippen LogP contribution is -2.49. The molecule has 2 heterocycles. The summed E-state index contributed by atoms with van der Waals surface area (Å²) in [6.45, 7) is 1.42. The summed E-state index contributed by atoms with van der Waals surface area (Å²) in [5, 5.41) is 5.46. The molecule has 0 bridgehead atoms. The second-order valence-electron chi connectivity index (χ2n) is 7.49. The number of para-hydroxylation sites is 1. The van der Waals surface area contributed by atoms with Crippen molar-refractivity contribution in [3.63, 3.8) is 0 Å². The highest BCUT2D eigenvalue weighted by Crippen LogP contribution is 2.35. The third kappa shape index (κ3) is 4.62. The number of ether oxygens (including phenoxy) is 2. The van der Waals surface area contributed by atoms with Gasteiger partial charge in [-0.2, -0.15) is 0 Å². The van der Waals surface area contributed by atoms with Gasteiger partial charge in [-0.15, -0.1) is 11.8 Å². The van der Waals surface area contributed by atoms with Crippen LogP contribution in [0.25, 0.3) is 0 Å². The van der Waals surface area contributed by atoms with E-state index in [2.05, 4.69) is 10.6 Å². The van der Waals surface area contributed by atoms with Crippen molar-refractivity contribution in [2.75, 3.05) is 31.3 Å². The number of anilines is 1. The number of nitrogens with zero attached hydrogens (tertiary/aromatic N) is 1. The van der Waals surface area contributed by atoms with Crippen LogP contribution in [0.15, 0.2) is 64.7 Å². The largest absolute Gasteiger partial charge is 0.462 e. The first-order valence-electron chi connectivity index (χ1n) is 10.6. The third-order valence-electron chi connectivity index (χ3n) is 5.45. The number of urea groups is 1. The summed E-state index contributed by atoms with van der Waals surface area (Å²) in [7, 11) is 0. The Balaban J connectivity index is 1.56. The maximum absolute atomic E-state index is 13.0. The van der Waals surface area contributed by atoms with Gasteiger partial charge >= 0.3 is 18.0 Å². The summed E-state index contributed by atoms with van der Waals surface area (Å²) in [6, 6.07) is 12.8. The number of cyclic esters (lactones) is 1. The van der Waals surface area contributed by atoms with Crippen molar-refractivity contribution < 1.29 is 28.7 Å². The molecular weight excluding hydrogens is 458 g/mol. The molecule has 0 saturated carbocycles. The highest BCUT2D eigenvalue weighted by Gasteiger charge is 2.42. The highest BCUT2D eigenvalue weighted by molar-refractivity contribution is 7.98. The van der Waals surface area contributed by atoms with Crippen molar-refractivity contribution >= 4 is 41.3 Å². The maximum Gasteiger partial charge on any atom is 0.340 e. The zero-order valence-corrected chi connectivity index (χ0v) is 19.4. The first-order chi connectivity index (χ1) is 16.4. The molecule has 9 nitrogen and oxygen atoms in total. The fraction of sp³-hybridized carbons (Fsp3) is 0.250. The predicted octanol–water partition coefficient (Wildman–Crippen LogP) is 3.10. The number of amides is 3. The Morgan fingerprint density at radius 2 is 1.91 bits per heavy atom. The van der Waals surface area contributed by atoms with Crippen molar-refractivity contribution in [1.82, 2.24) is 10.2 Å². The molecule has 2 aliphatic rings. The van der Waals surface area contributed by atoms with E-state index in [0.717, 1.165) is 10.5 Å². The van der Waals surface area contributed by atoms with Crippen LogP contribution in [-0.2, 0) is 19.1 Å². The number of esters is 2. The summed E-state index contributed by atoms with van der Waals surface area (Å²) in [5.74, 6) is -1.64. The Morgan fingerprint density at radius 3 is 2.62 bits per heavy atom. The van der Waals surface area contributed by atoms with Crippen LogP contribution in [0.1, 0.15) is 28.9 Å². The molecule has 0 radical (unpaired) electrons. The molecule has 0 saturated heterocycles. The summed E-state index contributed by atoms with van der Waals surface area (Å²) >= 11 is 1.59. The maximum atomic E-state index is 13.0. The topological polar surface area (TPSA) is 114 Å². The lowest BCUT2D eigenvalue weighted by molar-refractivity contribution is -0.136. The van der Waals surface area contributed by atoms with E-state index in [1.165, 1.54) is 11.0 Å². The van der Waals surface area contributed by atoms with E-state index in [9.17, 15) is 19.2 Å². The Hall–Kier alpha value is -3.79. The number of nitrogens with one attached hydrogen (secondary N) is 2. The minimum absolute atomic E-state index is 0.103. The van der Waals surface area contributed by atoms with Crippen LogP contribution in [0.2, 0.25) is 0 Å². The van der Waals surface area contributed by atoms with Crippen LogP contribution < -0.4 is 10.6 Å². The number of carbonyl (C=O) groups excluding carboxylic acids is 4. The zero-order valence-electron chi connectivity index (χ0n) is 18.6. The van der Waals surface area contributed by atoms with E-state index in [1.54, 1.807) is 36.9 Å². The van der Waals surface area contributed by atoms with Crippen LogP contribution in [0, 0.1) is 0 Å². The van der Waals surface area contributed by atoms with E-state index in [1.807, 2.05) is 30.5 Å². The van der Waals surface area contributed by atoms with Gasteiger partial charge in [-0.05, 0) is 43.0 Å². The predicted molar refractivity (Wildman–Crippen MR) is 125 cm³/mol. The van der Waals surface area contributed by atoms with Gasteiger partial charge in [0.15, 0.2) is 0 Å². The second-order valence-corrected chi connectivity index (χ2v) is 8.37. The van der Waals surface area contributed by atoms with Crippen LogP contribution in [0.3, 0.4) is 0 Å². The number of hydrogen-bond donors (Lipinski definition) is 2. The number of carbonyl (C=O) groups is 4. The molecule has 0 unspecified atom stereocenters. The Morgan fingerprint density at radius 1 is 1.18 bits per heavy atom. The van der Waals surface area contributed by atoms with E-state index < -0.39 is 29.9 Å². The Bertz CT molecular complexity index is 1180. The molecule has 3 amide bonds. The number of rotatable bonds is 7. The molecular formula is C24H23N3O6S. The normalized spacial score (nSPS) is 17.1. The van der Waals surface area contributed by atoms with Gasteiger partial charge in [0.1, 0.15) is 13.2 Å². The second kappa shape index (κ2) is 10.0. The first kappa shape index (κ1) is 23.4. The minimum Gasteiger partial charge on any atom is -0.462 e. The van der Waals surface area contributed by atoms with Gasteiger partial charge in [-0.3, -0.25) is 9.69 Å². The molecule has 176 valence electrons. The van der Waals surface area contributed by atoms with E-state index in [-0.39, 0.29) is 31.0 Å². The van der Waals surface area contributed by atoms with Crippen LogP contribution in [-0.4, -0.2) is 54.8 Å². The van der Waals surface area contributed by atoms with Crippen molar-refractivity contribution in [3.8, 4) is 0 Å². The fourth-order valence-corrected chi connectivity index (χ4v) is 4.25. The van der Waals surface area contributed by atoms with Crippen molar-refractivity contribution in [2.24, 2.45) is 0 Å². The highest BCUT2D eigenvalue weighted by atomic mass is 32.2. The Kier molecular flexibility index (Phi) is 6.87. The first-order valence-corrected chi connectivity index (χ1v) is 11.8. The quantitative estimate of drug-likeness (QED) is 0.461. The van der Waals surface area contributed by atoms with Crippen molar-refractivity contribution in [2.45, 2.75) is 17.9 Å². The van der Waals surface area contributed by atoms with Gasteiger partial charge in [0, 0.05) is 4.90 Å². The molecule has 4 rings (SSSR count). The molecule has 10 heteroatoms. The van der Waals surface area contributed by atoms with Crippen LogP contribution in [0.5, 0.6) is 0 Å². The standard InChI is InChI=1S/C24H23N3O6S/c1-3-32-22(29)16-6-4-5-7-17(16)25-19(28)12-27-18-13-33-23(30)20(18)21(26-24(27)31)14-8-10-15(34-2)11-9-14/h4-11,21H,3,12-13H2,1-2H3,(H,25,28)(H,26,31)/t21-/m0/s1. The average molecular weight is 482 g/mol. The lowest BCUT2D eigenvalue weighted by atomic mass is 9.96. The van der Waals surface area contributed by atoms with Crippen molar-refractivity contribution in [3.05, 3.63) is 70.9 Å². The molecule has 2 aromatic carbocycles. The summed E-state index contributed by atoms with van der Waals surface area (Å²) in [6.07, 6.45) is 1.96. The number of thioether (sulfide) groups is 1. The SMILES string of the molecule is CCOC(=O)c1ccccc1NC(=O)CN1C(=O)N[C@@H](c2ccc(SC)cc2)C2=C1COC2=O. The van der Waals surface area contributed by atoms with Gasteiger partial charge in [0.2, 0.25) is 5.91 Å². The summed E-state index contributed by atoms with van der Waals surface area (Å²) in [4.78, 5) is 52.7. The van der Waals surface area contributed by atoms with Crippen molar-refractivity contribution in [1.29, 1.82) is 0 Å². The molecule has 2 aromatic rings. The monoisotopic (exact) mass is 481 g/mol. The number of benzene rings is 2.